The van der Waals surface area contributed by atoms with E-state index in [-0.39, 0.29) is 23.7 Å². The Labute approximate surface area is 129 Å². The molecule has 0 aliphatic rings. The lowest BCUT2D eigenvalue weighted by Crippen LogP contribution is -2.48. The molecule has 0 radical (unpaired) electrons. The maximum Gasteiger partial charge on any atom is 0.313 e. The summed E-state index contributed by atoms with van der Waals surface area (Å²) in [6.07, 6.45) is 1.29. The van der Waals surface area contributed by atoms with Gasteiger partial charge >= 0.3 is 11.9 Å². The highest BCUT2D eigenvalue weighted by atomic mass is 16.5. The SMILES string of the molecule is CCC(C)C(CC(C)C)(C(=O)OCC(C)C)C(C)C(=O)O. The fraction of sp³-hybridized carbons (Fsp3) is 0.882. The molecule has 124 valence electrons. The molecule has 0 aliphatic carbocycles. The maximum absolute atomic E-state index is 12.8. The summed E-state index contributed by atoms with van der Waals surface area (Å²) in [7, 11) is 0. The third kappa shape index (κ3) is 5.01. The number of carboxylic acids is 1. The zero-order valence-electron chi connectivity index (χ0n) is 14.6. The van der Waals surface area contributed by atoms with Crippen molar-refractivity contribution in [2.75, 3.05) is 6.61 Å². The summed E-state index contributed by atoms with van der Waals surface area (Å²) in [5, 5.41) is 9.49. The molecule has 21 heavy (non-hydrogen) atoms. The summed E-state index contributed by atoms with van der Waals surface area (Å²) in [6.45, 7) is 13.9. The third-order valence-electron chi connectivity index (χ3n) is 4.31. The zero-order chi connectivity index (χ0) is 16.8. The number of hydrogen-bond acceptors (Lipinski definition) is 3. The smallest absolute Gasteiger partial charge is 0.313 e. The Morgan fingerprint density at radius 2 is 1.57 bits per heavy atom. The molecule has 0 aliphatic heterocycles. The van der Waals surface area contributed by atoms with Crippen LogP contribution in [0, 0.1) is 29.1 Å². The molecule has 3 unspecified atom stereocenters. The van der Waals surface area contributed by atoms with Crippen molar-refractivity contribution >= 4 is 11.9 Å². The predicted molar refractivity (Wildman–Crippen MR) is 83.9 cm³/mol. The van der Waals surface area contributed by atoms with Crippen molar-refractivity contribution in [1.82, 2.24) is 0 Å². The molecule has 1 N–H and O–H groups in total. The van der Waals surface area contributed by atoms with Crippen molar-refractivity contribution in [3.8, 4) is 0 Å². The van der Waals surface area contributed by atoms with Gasteiger partial charge in [-0.05, 0) is 24.2 Å². The normalized spacial score (nSPS) is 17.4. The van der Waals surface area contributed by atoms with Crippen LogP contribution in [-0.2, 0) is 14.3 Å². The summed E-state index contributed by atoms with van der Waals surface area (Å²) in [5.41, 5.74) is -0.955. The van der Waals surface area contributed by atoms with E-state index >= 15 is 0 Å². The van der Waals surface area contributed by atoms with Crippen LogP contribution >= 0.6 is 0 Å². The van der Waals surface area contributed by atoms with E-state index in [0.717, 1.165) is 6.42 Å². The van der Waals surface area contributed by atoms with Crippen LogP contribution in [0.5, 0.6) is 0 Å². The first-order chi connectivity index (χ1) is 9.59. The van der Waals surface area contributed by atoms with Crippen molar-refractivity contribution in [2.24, 2.45) is 29.1 Å². The number of carbonyl (C=O) groups excluding carboxylic acids is 1. The van der Waals surface area contributed by atoms with Gasteiger partial charge in [-0.15, -0.1) is 0 Å². The molecule has 0 saturated heterocycles. The molecule has 0 spiro atoms. The van der Waals surface area contributed by atoms with Crippen LogP contribution in [0.25, 0.3) is 0 Å². The number of aliphatic carboxylic acids is 1. The van der Waals surface area contributed by atoms with E-state index in [4.69, 9.17) is 4.74 Å². The third-order valence-corrected chi connectivity index (χ3v) is 4.31. The van der Waals surface area contributed by atoms with Gasteiger partial charge in [-0.2, -0.15) is 0 Å². The molecule has 0 aromatic carbocycles. The standard InChI is InChI=1S/C17H32O4/c1-8-13(6)17(9-11(2)3,14(7)15(18)19)16(20)21-10-12(4)5/h11-14H,8-10H2,1-7H3,(H,18,19). The Morgan fingerprint density at radius 3 is 1.90 bits per heavy atom. The Kier molecular flexibility index (Phi) is 7.98. The molecule has 0 bridgehead atoms. The highest BCUT2D eigenvalue weighted by molar-refractivity contribution is 5.84. The van der Waals surface area contributed by atoms with Crippen LogP contribution < -0.4 is 0 Å². The van der Waals surface area contributed by atoms with Gasteiger partial charge in [0.25, 0.3) is 0 Å². The van der Waals surface area contributed by atoms with Crippen LogP contribution in [0.1, 0.15) is 61.3 Å². The lowest BCUT2D eigenvalue weighted by molar-refractivity contribution is -0.174. The summed E-state index contributed by atoms with van der Waals surface area (Å²) >= 11 is 0. The van der Waals surface area contributed by atoms with E-state index in [2.05, 4.69) is 0 Å². The number of carboxylic acid groups (broad SMARTS) is 1. The van der Waals surface area contributed by atoms with Crippen LogP contribution in [0.15, 0.2) is 0 Å². The van der Waals surface area contributed by atoms with E-state index in [1.807, 2.05) is 41.5 Å². The number of hydrogen-bond donors (Lipinski definition) is 1. The maximum atomic E-state index is 12.8. The number of rotatable bonds is 9. The Morgan fingerprint density at radius 1 is 1.05 bits per heavy atom. The fourth-order valence-electron chi connectivity index (χ4n) is 2.90. The van der Waals surface area contributed by atoms with E-state index in [0.29, 0.717) is 13.0 Å². The van der Waals surface area contributed by atoms with E-state index in [1.165, 1.54) is 0 Å². The average molecular weight is 300 g/mol. The number of esters is 1. The van der Waals surface area contributed by atoms with E-state index in [9.17, 15) is 14.7 Å². The molecule has 0 heterocycles. The lowest BCUT2D eigenvalue weighted by Gasteiger charge is -2.41. The van der Waals surface area contributed by atoms with Crippen LogP contribution in [0.4, 0.5) is 0 Å². The van der Waals surface area contributed by atoms with Gasteiger partial charge < -0.3 is 9.84 Å². The molecule has 0 fully saturated rings. The van der Waals surface area contributed by atoms with Gasteiger partial charge in [-0.1, -0.05) is 54.9 Å². The van der Waals surface area contributed by atoms with Gasteiger partial charge in [0.15, 0.2) is 0 Å². The van der Waals surface area contributed by atoms with E-state index in [1.54, 1.807) is 6.92 Å². The molecule has 3 atom stereocenters. The van der Waals surface area contributed by atoms with Crippen molar-refractivity contribution in [1.29, 1.82) is 0 Å². The van der Waals surface area contributed by atoms with Crippen LogP contribution in [0.2, 0.25) is 0 Å². The largest absolute Gasteiger partial charge is 0.481 e. The summed E-state index contributed by atoms with van der Waals surface area (Å²) < 4.78 is 5.46. The highest BCUT2D eigenvalue weighted by Crippen LogP contribution is 2.45. The van der Waals surface area contributed by atoms with Crippen molar-refractivity contribution in [3.63, 3.8) is 0 Å². The second kappa shape index (κ2) is 8.40. The molecular weight excluding hydrogens is 268 g/mol. The fourth-order valence-corrected chi connectivity index (χ4v) is 2.90. The topological polar surface area (TPSA) is 63.6 Å². The number of carbonyl (C=O) groups is 2. The average Bonchev–Trinajstić information content (AvgIpc) is 2.39. The molecule has 4 nitrogen and oxygen atoms in total. The second-order valence-corrected chi connectivity index (χ2v) is 7.00. The first-order valence-corrected chi connectivity index (χ1v) is 7.99. The highest BCUT2D eigenvalue weighted by Gasteiger charge is 2.51. The van der Waals surface area contributed by atoms with Crippen molar-refractivity contribution in [2.45, 2.75) is 61.3 Å². The monoisotopic (exact) mass is 300 g/mol. The predicted octanol–water partition coefficient (Wildman–Crippen LogP) is 3.98. The summed E-state index contributed by atoms with van der Waals surface area (Å²) in [6, 6.07) is 0. The molecule has 4 heteroatoms. The lowest BCUT2D eigenvalue weighted by atomic mass is 9.62. The van der Waals surface area contributed by atoms with Gasteiger partial charge in [0.2, 0.25) is 0 Å². The quantitative estimate of drug-likeness (QED) is 0.654. The minimum atomic E-state index is -0.955. The molecule has 0 amide bonds. The minimum absolute atomic E-state index is 0.0364. The second-order valence-electron chi connectivity index (χ2n) is 7.00. The summed E-state index contributed by atoms with van der Waals surface area (Å²) in [5.74, 6) is -1.61. The Bertz CT molecular complexity index is 349. The molecule has 0 aromatic rings. The van der Waals surface area contributed by atoms with Crippen LogP contribution in [-0.4, -0.2) is 23.7 Å². The van der Waals surface area contributed by atoms with Gasteiger partial charge in [0, 0.05) is 0 Å². The molecule has 0 aromatic heterocycles. The van der Waals surface area contributed by atoms with Gasteiger partial charge in [-0.3, -0.25) is 9.59 Å². The van der Waals surface area contributed by atoms with Crippen molar-refractivity contribution < 1.29 is 19.4 Å². The van der Waals surface area contributed by atoms with Gasteiger partial charge in [0.1, 0.15) is 0 Å². The Hall–Kier alpha value is -1.06. The summed E-state index contributed by atoms with van der Waals surface area (Å²) in [4.78, 5) is 24.3. The first-order valence-electron chi connectivity index (χ1n) is 7.99. The van der Waals surface area contributed by atoms with E-state index < -0.39 is 17.3 Å². The first kappa shape index (κ1) is 19.9. The van der Waals surface area contributed by atoms with Crippen molar-refractivity contribution in [3.05, 3.63) is 0 Å². The molecule has 0 rings (SSSR count). The zero-order valence-corrected chi connectivity index (χ0v) is 14.6. The Balaban J connectivity index is 5.65. The van der Waals surface area contributed by atoms with Crippen LogP contribution in [0.3, 0.4) is 0 Å². The number of ether oxygens (including phenoxy) is 1. The van der Waals surface area contributed by atoms with Gasteiger partial charge in [-0.25, -0.2) is 0 Å². The molecule has 0 saturated carbocycles. The molecular formula is C17H32O4. The van der Waals surface area contributed by atoms with Gasteiger partial charge in [0.05, 0.1) is 17.9 Å². The minimum Gasteiger partial charge on any atom is -0.481 e.